The Kier molecular flexibility index (Phi) is 4.80. The van der Waals surface area contributed by atoms with Gasteiger partial charge in [-0.1, -0.05) is 6.07 Å². The van der Waals surface area contributed by atoms with Crippen LogP contribution in [0, 0.1) is 6.92 Å². The van der Waals surface area contributed by atoms with Crippen LogP contribution in [0.5, 0.6) is 5.88 Å². The number of aryl methyl sites for hydroxylation is 1. The van der Waals surface area contributed by atoms with E-state index < -0.39 is 0 Å². The van der Waals surface area contributed by atoms with E-state index in [4.69, 9.17) is 10.5 Å². The molecule has 2 rings (SSSR count). The summed E-state index contributed by atoms with van der Waals surface area (Å²) in [6.45, 7) is 6.14. The van der Waals surface area contributed by atoms with Crippen molar-refractivity contribution < 1.29 is 9.53 Å². The summed E-state index contributed by atoms with van der Waals surface area (Å²) in [7, 11) is 0. The predicted molar refractivity (Wildman–Crippen MR) is 84.6 cm³/mol. The van der Waals surface area contributed by atoms with E-state index >= 15 is 0 Å². The van der Waals surface area contributed by atoms with Gasteiger partial charge in [0.2, 0.25) is 5.88 Å². The minimum Gasteiger partial charge on any atom is -0.475 e. The molecule has 21 heavy (non-hydrogen) atoms. The van der Waals surface area contributed by atoms with Crippen LogP contribution in [0.3, 0.4) is 0 Å². The monoisotopic (exact) mass is 305 g/mol. The predicted octanol–water partition coefficient (Wildman–Crippen LogP) is 2.75. The van der Waals surface area contributed by atoms with Gasteiger partial charge in [-0.15, -0.1) is 11.3 Å². The van der Waals surface area contributed by atoms with Crippen LogP contribution in [-0.4, -0.2) is 17.0 Å². The Morgan fingerprint density at radius 3 is 2.90 bits per heavy atom. The van der Waals surface area contributed by atoms with Gasteiger partial charge in [-0.25, -0.2) is 4.98 Å². The maximum absolute atomic E-state index is 12.1. The number of hydrogen-bond acceptors (Lipinski definition) is 5. The molecule has 0 unspecified atom stereocenters. The summed E-state index contributed by atoms with van der Waals surface area (Å²) in [5.41, 5.74) is 7.26. The first-order valence-electron chi connectivity index (χ1n) is 6.72. The van der Waals surface area contributed by atoms with Crippen LogP contribution in [0.4, 0.5) is 5.69 Å². The lowest BCUT2D eigenvalue weighted by molar-refractivity contribution is 0.0954. The van der Waals surface area contributed by atoms with Crippen molar-refractivity contribution in [2.75, 3.05) is 5.73 Å². The molecular formula is C15H19N3O2S. The molecule has 2 aromatic heterocycles. The van der Waals surface area contributed by atoms with Crippen LogP contribution in [0.25, 0.3) is 0 Å². The first-order chi connectivity index (χ1) is 9.97. The highest BCUT2D eigenvalue weighted by Crippen LogP contribution is 2.23. The highest BCUT2D eigenvalue weighted by molar-refractivity contribution is 7.14. The smallest absolute Gasteiger partial charge is 0.261 e. The fraction of sp³-hybridized carbons (Fsp3) is 0.333. The maximum atomic E-state index is 12.1. The first kappa shape index (κ1) is 15.3. The number of aromatic nitrogens is 1. The topological polar surface area (TPSA) is 77.2 Å². The number of nitrogens with zero attached hydrogens (tertiary/aromatic N) is 1. The molecule has 0 atom stereocenters. The Bertz CT molecular complexity index is 618. The van der Waals surface area contributed by atoms with Crippen LogP contribution in [0.15, 0.2) is 24.4 Å². The molecular weight excluding hydrogens is 286 g/mol. The van der Waals surface area contributed by atoms with Crippen molar-refractivity contribution in [2.45, 2.75) is 33.4 Å². The van der Waals surface area contributed by atoms with Crippen LogP contribution >= 0.6 is 11.3 Å². The summed E-state index contributed by atoms with van der Waals surface area (Å²) >= 11 is 1.39. The van der Waals surface area contributed by atoms with E-state index in [1.54, 1.807) is 12.3 Å². The minimum atomic E-state index is -0.140. The second-order valence-electron chi connectivity index (χ2n) is 4.94. The Morgan fingerprint density at radius 2 is 2.29 bits per heavy atom. The minimum absolute atomic E-state index is 0.0362. The molecule has 5 nitrogen and oxygen atoms in total. The molecule has 1 amide bonds. The maximum Gasteiger partial charge on any atom is 0.261 e. The van der Waals surface area contributed by atoms with Crippen LogP contribution in [0.2, 0.25) is 0 Å². The fourth-order valence-electron chi connectivity index (χ4n) is 1.76. The molecule has 0 aliphatic heterocycles. The number of thiophene rings is 1. The highest BCUT2D eigenvalue weighted by Gasteiger charge is 2.12. The third-order valence-corrected chi connectivity index (χ3v) is 3.88. The third-order valence-electron chi connectivity index (χ3n) is 2.82. The molecule has 112 valence electrons. The lowest BCUT2D eigenvalue weighted by atomic mass is 10.2. The number of carbonyl (C=O) groups excluding carboxylic acids is 1. The van der Waals surface area contributed by atoms with Crippen molar-refractivity contribution >= 4 is 22.9 Å². The molecule has 0 radical (unpaired) electrons. The van der Waals surface area contributed by atoms with E-state index in [1.165, 1.54) is 11.3 Å². The van der Waals surface area contributed by atoms with Crippen LogP contribution in [-0.2, 0) is 6.54 Å². The van der Waals surface area contributed by atoms with Crippen molar-refractivity contribution in [1.29, 1.82) is 0 Å². The van der Waals surface area contributed by atoms with Crippen LogP contribution < -0.4 is 15.8 Å². The largest absolute Gasteiger partial charge is 0.475 e. The molecule has 0 spiro atoms. The van der Waals surface area contributed by atoms with E-state index in [9.17, 15) is 4.79 Å². The molecule has 0 aliphatic rings. The molecule has 0 bridgehead atoms. The summed E-state index contributed by atoms with van der Waals surface area (Å²) < 4.78 is 5.63. The van der Waals surface area contributed by atoms with Gasteiger partial charge in [-0.3, -0.25) is 4.79 Å². The lowest BCUT2D eigenvalue weighted by Crippen LogP contribution is -2.22. The SMILES string of the molecule is Cc1sc(C(=O)NCc2cccnc2OC(C)C)cc1N. The van der Waals surface area contributed by atoms with Crippen molar-refractivity contribution in [3.63, 3.8) is 0 Å². The second-order valence-corrected chi connectivity index (χ2v) is 6.20. The lowest BCUT2D eigenvalue weighted by Gasteiger charge is -2.13. The van der Waals surface area contributed by atoms with Gasteiger partial charge in [0.05, 0.1) is 11.0 Å². The summed E-state index contributed by atoms with van der Waals surface area (Å²) in [6.07, 6.45) is 1.71. The molecule has 0 fully saturated rings. The summed E-state index contributed by atoms with van der Waals surface area (Å²) in [6, 6.07) is 5.41. The van der Waals surface area contributed by atoms with E-state index in [-0.39, 0.29) is 12.0 Å². The standard InChI is InChI=1S/C15H19N3O2S/c1-9(2)20-15-11(5-4-6-17-15)8-18-14(19)13-7-12(16)10(3)21-13/h4-7,9H,8,16H2,1-3H3,(H,18,19). The van der Waals surface area contributed by atoms with E-state index in [0.29, 0.717) is 23.0 Å². The zero-order chi connectivity index (χ0) is 15.4. The number of anilines is 1. The summed E-state index contributed by atoms with van der Waals surface area (Å²) in [5.74, 6) is 0.411. The number of ether oxygens (including phenoxy) is 1. The van der Waals surface area contributed by atoms with Crippen molar-refractivity contribution in [3.8, 4) is 5.88 Å². The van der Waals surface area contributed by atoms with Gasteiger partial charge >= 0.3 is 0 Å². The summed E-state index contributed by atoms with van der Waals surface area (Å²) in [4.78, 5) is 17.9. The number of pyridine rings is 1. The number of nitrogens with one attached hydrogen (secondary N) is 1. The van der Waals surface area contributed by atoms with Gasteiger partial charge in [0, 0.05) is 28.9 Å². The van der Waals surface area contributed by atoms with Gasteiger partial charge in [0.25, 0.3) is 5.91 Å². The number of nitrogen functional groups attached to an aromatic ring is 1. The fourth-order valence-corrected chi connectivity index (χ4v) is 2.62. The molecule has 2 aromatic rings. The van der Waals surface area contributed by atoms with Crippen molar-refractivity contribution in [2.24, 2.45) is 0 Å². The number of carbonyl (C=O) groups is 1. The Balaban J connectivity index is 2.04. The van der Waals surface area contributed by atoms with Crippen molar-refractivity contribution in [1.82, 2.24) is 10.3 Å². The van der Waals surface area contributed by atoms with Crippen molar-refractivity contribution in [3.05, 3.63) is 39.7 Å². The zero-order valence-corrected chi connectivity index (χ0v) is 13.2. The molecule has 0 aliphatic carbocycles. The average molecular weight is 305 g/mol. The number of nitrogens with two attached hydrogens (primary N) is 1. The van der Waals surface area contributed by atoms with Gasteiger partial charge in [0.15, 0.2) is 0 Å². The molecule has 6 heteroatoms. The molecule has 0 aromatic carbocycles. The quantitative estimate of drug-likeness (QED) is 0.890. The van der Waals surface area contributed by atoms with Gasteiger partial charge in [0.1, 0.15) is 0 Å². The Labute approximate surface area is 128 Å². The second kappa shape index (κ2) is 6.58. The normalized spacial score (nSPS) is 10.7. The zero-order valence-electron chi connectivity index (χ0n) is 12.3. The molecule has 0 saturated carbocycles. The number of amides is 1. The van der Waals surface area contributed by atoms with E-state index in [0.717, 1.165) is 10.4 Å². The van der Waals surface area contributed by atoms with E-state index in [1.807, 2.05) is 32.9 Å². The molecule has 2 heterocycles. The number of hydrogen-bond donors (Lipinski definition) is 2. The third kappa shape index (κ3) is 3.95. The first-order valence-corrected chi connectivity index (χ1v) is 7.53. The van der Waals surface area contributed by atoms with E-state index in [2.05, 4.69) is 10.3 Å². The highest BCUT2D eigenvalue weighted by atomic mass is 32.1. The molecule has 3 N–H and O–H groups in total. The molecule has 0 saturated heterocycles. The average Bonchev–Trinajstić information content (AvgIpc) is 2.77. The van der Waals surface area contributed by atoms with Gasteiger partial charge in [-0.05, 0) is 32.9 Å². The van der Waals surface area contributed by atoms with Crippen LogP contribution in [0.1, 0.15) is 34.0 Å². The Morgan fingerprint density at radius 1 is 1.52 bits per heavy atom. The number of rotatable bonds is 5. The van der Waals surface area contributed by atoms with Gasteiger partial charge < -0.3 is 15.8 Å². The summed E-state index contributed by atoms with van der Waals surface area (Å²) in [5, 5.41) is 2.87. The van der Waals surface area contributed by atoms with Gasteiger partial charge in [-0.2, -0.15) is 0 Å². The Hall–Kier alpha value is -2.08.